The Balaban J connectivity index is 1.78. The summed E-state index contributed by atoms with van der Waals surface area (Å²) >= 11 is 0. The quantitative estimate of drug-likeness (QED) is 0.804. The van der Waals surface area contributed by atoms with Crippen LogP contribution in [0.1, 0.15) is 60.4 Å². The minimum atomic E-state index is -0.00149. The highest BCUT2D eigenvalue weighted by Gasteiger charge is 2.27. The van der Waals surface area contributed by atoms with Crippen LogP contribution in [0.5, 0.6) is 0 Å². The molecule has 1 aliphatic carbocycles. The zero-order valence-corrected chi connectivity index (χ0v) is 16.0. The molecule has 1 aromatic carbocycles. The summed E-state index contributed by atoms with van der Waals surface area (Å²) in [5, 5.41) is 0.955. The molecule has 3 heterocycles. The van der Waals surface area contributed by atoms with E-state index in [9.17, 15) is 4.79 Å². The zero-order valence-electron chi connectivity index (χ0n) is 16.0. The monoisotopic (exact) mass is 362 g/mol. The second-order valence-corrected chi connectivity index (χ2v) is 7.96. The van der Waals surface area contributed by atoms with E-state index in [-0.39, 0.29) is 5.78 Å². The van der Waals surface area contributed by atoms with Gasteiger partial charge in [0, 0.05) is 42.8 Å². The molecule has 2 aliphatic heterocycles. The Morgan fingerprint density at radius 2 is 1.44 bits per heavy atom. The van der Waals surface area contributed by atoms with Gasteiger partial charge in [-0.2, -0.15) is 0 Å². The van der Waals surface area contributed by atoms with E-state index in [0.717, 1.165) is 42.6 Å². The fraction of sp³-hybridized carbons (Fsp3) is 0.500. The topological polar surface area (TPSA) is 49.3 Å². The van der Waals surface area contributed by atoms with E-state index in [1.54, 1.807) is 6.08 Å². The van der Waals surface area contributed by atoms with Gasteiger partial charge in [0.05, 0.1) is 11.2 Å². The number of hydrogen-bond acceptors (Lipinski definition) is 5. The lowest BCUT2D eigenvalue weighted by molar-refractivity contribution is 0.104. The summed E-state index contributed by atoms with van der Waals surface area (Å²) in [5.41, 5.74) is 5.09. The van der Waals surface area contributed by atoms with Crippen molar-refractivity contribution in [3.63, 3.8) is 0 Å². The number of benzene rings is 1. The van der Waals surface area contributed by atoms with Crippen molar-refractivity contribution in [3.05, 3.63) is 29.2 Å². The summed E-state index contributed by atoms with van der Waals surface area (Å²) in [5.74, 6) is 0.675. The summed E-state index contributed by atoms with van der Waals surface area (Å²) in [6.45, 7) is 6.19. The second kappa shape index (κ2) is 6.63. The molecule has 3 aliphatic rings. The molecule has 2 fully saturated rings. The molecule has 5 heteroatoms. The average Bonchev–Trinajstić information content (AvgIpc) is 2.71. The van der Waals surface area contributed by atoms with Gasteiger partial charge in [-0.3, -0.25) is 4.79 Å². The third-order valence-electron chi connectivity index (χ3n) is 6.11. The van der Waals surface area contributed by atoms with Crippen molar-refractivity contribution >= 4 is 34.1 Å². The number of anilines is 2. The summed E-state index contributed by atoms with van der Waals surface area (Å²) in [6.07, 6.45) is 11.2. The highest BCUT2D eigenvalue weighted by atomic mass is 16.1. The van der Waals surface area contributed by atoms with E-state index in [2.05, 4.69) is 20.9 Å². The molecule has 0 atom stereocenters. The van der Waals surface area contributed by atoms with E-state index in [1.807, 2.05) is 13.0 Å². The van der Waals surface area contributed by atoms with E-state index in [4.69, 9.17) is 4.98 Å². The molecule has 1 aromatic heterocycles. The van der Waals surface area contributed by atoms with Gasteiger partial charge in [0.25, 0.3) is 0 Å². The Hall–Kier alpha value is -2.43. The largest absolute Gasteiger partial charge is 0.371 e. The van der Waals surface area contributed by atoms with Crippen LogP contribution in [0, 0.1) is 6.92 Å². The minimum Gasteiger partial charge on any atom is -0.371 e. The lowest BCUT2D eigenvalue weighted by Crippen LogP contribution is -2.32. The first-order chi connectivity index (χ1) is 13.2. The molecule has 5 rings (SSSR count). The van der Waals surface area contributed by atoms with Gasteiger partial charge in [-0.25, -0.2) is 9.97 Å². The lowest BCUT2D eigenvalue weighted by Gasteiger charge is -2.35. The number of piperidine rings is 2. The van der Waals surface area contributed by atoms with Crippen LogP contribution < -0.4 is 9.80 Å². The normalized spacial score (nSPS) is 19.8. The number of carbonyl (C=O) groups is 1. The predicted molar refractivity (Wildman–Crippen MR) is 110 cm³/mol. The number of hydrogen-bond donors (Lipinski definition) is 0. The molecule has 140 valence electrons. The number of carbonyl (C=O) groups excluding carboxylic acids is 1. The Bertz CT molecular complexity index is 937. The van der Waals surface area contributed by atoms with Gasteiger partial charge in [-0.05, 0) is 63.7 Å². The smallest absolute Gasteiger partial charge is 0.204 e. The van der Waals surface area contributed by atoms with Gasteiger partial charge in [0.1, 0.15) is 11.5 Å². The van der Waals surface area contributed by atoms with Crippen LogP contribution in [0.3, 0.4) is 0 Å². The highest BCUT2D eigenvalue weighted by Crippen LogP contribution is 2.41. The number of aryl methyl sites for hydroxylation is 1. The first kappa shape index (κ1) is 16.7. The average molecular weight is 362 g/mol. The van der Waals surface area contributed by atoms with E-state index in [0.29, 0.717) is 11.5 Å². The van der Waals surface area contributed by atoms with Crippen LogP contribution >= 0.6 is 0 Å². The fourth-order valence-corrected chi connectivity index (χ4v) is 4.77. The molecule has 2 aromatic rings. The van der Waals surface area contributed by atoms with Crippen molar-refractivity contribution in [1.82, 2.24) is 9.97 Å². The van der Waals surface area contributed by atoms with E-state index in [1.165, 1.54) is 49.9 Å². The van der Waals surface area contributed by atoms with Crippen LogP contribution in [0.25, 0.3) is 17.0 Å². The molecule has 5 nitrogen and oxygen atoms in total. The standard InChI is InChI=1S/C22H26N4O/c1-15-23-21-18(26-12-6-3-7-13-26)14-17(25-10-4-2-5-11-25)16-8-9-19(27)22(24-15)20(16)21/h8-9,14H,2-7,10-13H2,1H3. The van der Waals surface area contributed by atoms with Crippen molar-refractivity contribution in [1.29, 1.82) is 0 Å². The maximum absolute atomic E-state index is 12.6. The number of ketones is 1. The Labute approximate surface area is 160 Å². The van der Waals surface area contributed by atoms with Crippen molar-refractivity contribution in [2.24, 2.45) is 0 Å². The van der Waals surface area contributed by atoms with Crippen molar-refractivity contribution in [2.75, 3.05) is 36.0 Å². The van der Waals surface area contributed by atoms with Gasteiger partial charge < -0.3 is 9.80 Å². The van der Waals surface area contributed by atoms with E-state index >= 15 is 0 Å². The summed E-state index contributed by atoms with van der Waals surface area (Å²) in [6, 6.07) is 2.34. The fourth-order valence-electron chi connectivity index (χ4n) is 4.77. The molecule has 0 unspecified atom stereocenters. The number of allylic oxidation sites excluding steroid dienone is 1. The van der Waals surface area contributed by atoms with Crippen LogP contribution in [-0.2, 0) is 0 Å². The maximum atomic E-state index is 12.6. The lowest BCUT2D eigenvalue weighted by atomic mass is 9.94. The van der Waals surface area contributed by atoms with Crippen LogP contribution in [0.2, 0.25) is 0 Å². The number of rotatable bonds is 2. The minimum absolute atomic E-state index is 0.00149. The van der Waals surface area contributed by atoms with E-state index < -0.39 is 0 Å². The molecule has 0 radical (unpaired) electrons. The molecule has 0 spiro atoms. The first-order valence-electron chi connectivity index (χ1n) is 10.3. The van der Waals surface area contributed by atoms with Crippen LogP contribution in [0.4, 0.5) is 11.4 Å². The van der Waals surface area contributed by atoms with Gasteiger partial charge in [-0.15, -0.1) is 0 Å². The summed E-state index contributed by atoms with van der Waals surface area (Å²) in [7, 11) is 0. The Kier molecular flexibility index (Phi) is 4.10. The summed E-state index contributed by atoms with van der Waals surface area (Å²) < 4.78 is 0. The Morgan fingerprint density at radius 3 is 2.11 bits per heavy atom. The Morgan fingerprint density at radius 1 is 0.815 bits per heavy atom. The first-order valence-corrected chi connectivity index (χ1v) is 10.3. The molecule has 0 bridgehead atoms. The maximum Gasteiger partial charge on any atom is 0.204 e. The predicted octanol–water partition coefficient (Wildman–Crippen LogP) is 4.13. The van der Waals surface area contributed by atoms with Gasteiger partial charge in [0.2, 0.25) is 5.78 Å². The van der Waals surface area contributed by atoms with Crippen LogP contribution in [-0.4, -0.2) is 41.9 Å². The van der Waals surface area contributed by atoms with Crippen molar-refractivity contribution in [2.45, 2.75) is 45.4 Å². The molecular weight excluding hydrogens is 336 g/mol. The molecule has 0 saturated carbocycles. The van der Waals surface area contributed by atoms with Crippen molar-refractivity contribution < 1.29 is 4.79 Å². The second-order valence-electron chi connectivity index (χ2n) is 7.96. The van der Waals surface area contributed by atoms with Gasteiger partial charge in [0.15, 0.2) is 0 Å². The number of aromatic nitrogens is 2. The highest BCUT2D eigenvalue weighted by molar-refractivity contribution is 6.21. The van der Waals surface area contributed by atoms with Crippen LogP contribution in [0.15, 0.2) is 12.1 Å². The molecule has 27 heavy (non-hydrogen) atoms. The summed E-state index contributed by atoms with van der Waals surface area (Å²) in [4.78, 5) is 26.9. The molecule has 0 N–H and O–H groups in total. The third-order valence-corrected chi connectivity index (χ3v) is 6.11. The molecule has 0 amide bonds. The SMILES string of the molecule is Cc1nc2c3c(c(N4CCCCC4)cc(N4CCCCC4)c3n1)C=CC2=O. The number of nitrogens with zero attached hydrogens (tertiary/aromatic N) is 4. The van der Waals surface area contributed by atoms with Crippen molar-refractivity contribution in [3.8, 4) is 0 Å². The zero-order chi connectivity index (χ0) is 18.4. The third kappa shape index (κ3) is 2.80. The molecule has 2 saturated heterocycles. The van der Waals surface area contributed by atoms with Gasteiger partial charge >= 0.3 is 0 Å². The molecular formula is C22H26N4O. The van der Waals surface area contributed by atoms with Gasteiger partial charge in [-0.1, -0.05) is 0 Å².